The standard InChI is InChI=1S/C14H19FO2/c1-3-5-13(6-4-2)17-14-8-7-12(15)9-11(14)10-16/h7-10,13H,3-6H2,1-2H3. The lowest BCUT2D eigenvalue weighted by atomic mass is 10.1. The van der Waals surface area contributed by atoms with Gasteiger partial charge in [0, 0.05) is 0 Å². The van der Waals surface area contributed by atoms with E-state index in [1.165, 1.54) is 18.2 Å². The molecule has 0 aliphatic heterocycles. The van der Waals surface area contributed by atoms with Gasteiger partial charge in [-0.2, -0.15) is 0 Å². The highest BCUT2D eigenvalue weighted by Crippen LogP contribution is 2.22. The maximum Gasteiger partial charge on any atom is 0.153 e. The van der Waals surface area contributed by atoms with Crippen molar-refractivity contribution in [3.63, 3.8) is 0 Å². The maximum absolute atomic E-state index is 13.0. The molecular weight excluding hydrogens is 219 g/mol. The van der Waals surface area contributed by atoms with Crippen molar-refractivity contribution in [2.45, 2.75) is 45.6 Å². The van der Waals surface area contributed by atoms with Crippen molar-refractivity contribution in [3.8, 4) is 5.75 Å². The Labute approximate surface area is 102 Å². The monoisotopic (exact) mass is 238 g/mol. The highest BCUT2D eigenvalue weighted by molar-refractivity contribution is 5.79. The predicted molar refractivity (Wildman–Crippen MR) is 66.0 cm³/mol. The number of carbonyl (C=O) groups excluding carboxylic acids is 1. The normalized spacial score (nSPS) is 10.6. The van der Waals surface area contributed by atoms with Gasteiger partial charge in [-0.05, 0) is 31.0 Å². The molecule has 0 saturated heterocycles. The maximum atomic E-state index is 13.0. The van der Waals surface area contributed by atoms with Crippen LogP contribution in [0, 0.1) is 5.82 Å². The molecule has 0 aliphatic rings. The van der Waals surface area contributed by atoms with E-state index in [9.17, 15) is 9.18 Å². The van der Waals surface area contributed by atoms with E-state index in [0.717, 1.165) is 25.7 Å². The fourth-order valence-corrected chi connectivity index (χ4v) is 1.80. The van der Waals surface area contributed by atoms with Crippen LogP contribution in [-0.4, -0.2) is 12.4 Å². The molecule has 0 bridgehead atoms. The van der Waals surface area contributed by atoms with E-state index < -0.39 is 5.82 Å². The number of benzene rings is 1. The van der Waals surface area contributed by atoms with Crippen molar-refractivity contribution < 1.29 is 13.9 Å². The minimum absolute atomic E-state index is 0.106. The average molecular weight is 238 g/mol. The lowest BCUT2D eigenvalue weighted by Crippen LogP contribution is -2.16. The second-order valence-corrected chi connectivity index (χ2v) is 4.12. The largest absolute Gasteiger partial charge is 0.490 e. The summed E-state index contributed by atoms with van der Waals surface area (Å²) < 4.78 is 18.7. The lowest BCUT2D eigenvalue weighted by molar-refractivity contribution is 0.111. The van der Waals surface area contributed by atoms with Gasteiger partial charge in [0.25, 0.3) is 0 Å². The number of aldehydes is 1. The summed E-state index contributed by atoms with van der Waals surface area (Å²) in [7, 11) is 0. The van der Waals surface area contributed by atoms with Crippen molar-refractivity contribution in [2.75, 3.05) is 0 Å². The summed E-state index contributed by atoms with van der Waals surface area (Å²) in [6, 6.07) is 4.05. The molecule has 0 aromatic heterocycles. The zero-order valence-corrected chi connectivity index (χ0v) is 10.4. The zero-order chi connectivity index (χ0) is 12.7. The first kappa shape index (κ1) is 13.7. The Morgan fingerprint density at radius 3 is 2.47 bits per heavy atom. The Bertz CT molecular complexity index is 357. The number of hydrogen-bond donors (Lipinski definition) is 0. The van der Waals surface area contributed by atoms with Crippen LogP contribution in [0.15, 0.2) is 18.2 Å². The molecule has 0 heterocycles. The van der Waals surface area contributed by atoms with Crippen molar-refractivity contribution in [2.24, 2.45) is 0 Å². The molecule has 0 atom stereocenters. The van der Waals surface area contributed by atoms with Crippen molar-refractivity contribution in [3.05, 3.63) is 29.6 Å². The predicted octanol–water partition coefficient (Wildman–Crippen LogP) is 3.99. The van der Waals surface area contributed by atoms with E-state index in [1.807, 2.05) is 0 Å². The molecule has 0 N–H and O–H groups in total. The molecule has 17 heavy (non-hydrogen) atoms. The van der Waals surface area contributed by atoms with Gasteiger partial charge >= 0.3 is 0 Å². The minimum Gasteiger partial charge on any atom is -0.490 e. The molecule has 0 unspecified atom stereocenters. The number of carbonyl (C=O) groups is 1. The van der Waals surface area contributed by atoms with Crippen molar-refractivity contribution >= 4 is 6.29 Å². The molecule has 0 spiro atoms. The Kier molecular flexibility index (Phi) is 5.67. The van der Waals surface area contributed by atoms with E-state index in [2.05, 4.69) is 13.8 Å². The van der Waals surface area contributed by atoms with Gasteiger partial charge in [0.1, 0.15) is 11.6 Å². The molecule has 3 heteroatoms. The summed E-state index contributed by atoms with van der Waals surface area (Å²) in [6.45, 7) is 4.19. The molecule has 94 valence electrons. The molecule has 0 saturated carbocycles. The third kappa shape index (κ3) is 4.17. The quantitative estimate of drug-likeness (QED) is 0.671. The molecule has 1 rings (SSSR count). The van der Waals surface area contributed by atoms with Crippen LogP contribution in [0.1, 0.15) is 49.9 Å². The Hall–Kier alpha value is -1.38. The molecule has 0 radical (unpaired) electrons. The Morgan fingerprint density at radius 2 is 1.94 bits per heavy atom. The van der Waals surface area contributed by atoms with Gasteiger partial charge in [-0.3, -0.25) is 4.79 Å². The molecule has 0 fully saturated rings. The van der Waals surface area contributed by atoms with Gasteiger partial charge in [-0.1, -0.05) is 26.7 Å². The minimum atomic E-state index is -0.415. The van der Waals surface area contributed by atoms with E-state index in [1.54, 1.807) is 0 Å². The van der Waals surface area contributed by atoms with Gasteiger partial charge in [0.05, 0.1) is 11.7 Å². The van der Waals surface area contributed by atoms with E-state index in [4.69, 9.17) is 4.74 Å². The van der Waals surface area contributed by atoms with Gasteiger partial charge < -0.3 is 4.74 Å². The van der Waals surface area contributed by atoms with Crippen LogP contribution < -0.4 is 4.74 Å². The van der Waals surface area contributed by atoms with E-state index >= 15 is 0 Å². The molecular formula is C14H19FO2. The second-order valence-electron chi connectivity index (χ2n) is 4.12. The second kappa shape index (κ2) is 7.05. The summed E-state index contributed by atoms with van der Waals surface area (Å²) in [6.07, 6.45) is 4.69. The lowest BCUT2D eigenvalue weighted by Gasteiger charge is -2.19. The highest BCUT2D eigenvalue weighted by atomic mass is 19.1. The molecule has 1 aromatic rings. The number of halogens is 1. The SMILES string of the molecule is CCCC(CCC)Oc1ccc(F)cc1C=O. The van der Waals surface area contributed by atoms with Crippen LogP contribution in [0.3, 0.4) is 0 Å². The molecule has 1 aromatic carbocycles. The third-order valence-electron chi connectivity index (χ3n) is 2.61. The topological polar surface area (TPSA) is 26.3 Å². The van der Waals surface area contributed by atoms with Crippen molar-refractivity contribution in [1.29, 1.82) is 0 Å². The van der Waals surface area contributed by atoms with Crippen LogP contribution in [0.4, 0.5) is 4.39 Å². The first-order chi connectivity index (χ1) is 8.21. The first-order valence-corrected chi connectivity index (χ1v) is 6.12. The molecule has 0 amide bonds. The fraction of sp³-hybridized carbons (Fsp3) is 0.500. The molecule has 0 aliphatic carbocycles. The van der Waals surface area contributed by atoms with Crippen LogP contribution in [0.2, 0.25) is 0 Å². The zero-order valence-electron chi connectivity index (χ0n) is 10.4. The summed E-state index contributed by atoms with van der Waals surface area (Å²) in [5, 5.41) is 0. The fourth-order valence-electron chi connectivity index (χ4n) is 1.80. The molecule has 2 nitrogen and oxygen atoms in total. The van der Waals surface area contributed by atoms with Crippen LogP contribution in [-0.2, 0) is 0 Å². The summed E-state index contributed by atoms with van der Waals surface area (Å²) in [5.41, 5.74) is 0.280. The van der Waals surface area contributed by atoms with Gasteiger partial charge in [-0.25, -0.2) is 4.39 Å². The summed E-state index contributed by atoms with van der Waals surface area (Å²) in [4.78, 5) is 10.8. The van der Waals surface area contributed by atoms with Gasteiger partial charge in [0.2, 0.25) is 0 Å². The highest BCUT2D eigenvalue weighted by Gasteiger charge is 2.11. The third-order valence-corrected chi connectivity index (χ3v) is 2.61. The van der Waals surface area contributed by atoms with Crippen LogP contribution >= 0.6 is 0 Å². The van der Waals surface area contributed by atoms with Gasteiger partial charge in [-0.15, -0.1) is 0 Å². The van der Waals surface area contributed by atoms with E-state index in [-0.39, 0.29) is 11.7 Å². The van der Waals surface area contributed by atoms with Gasteiger partial charge in [0.15, 0.2) is 6.29 Å². The Balaban J connectivity index is 2.80. The van der Waals surface area contributed by atoms with Crippen LogP contribution in [0.25, 0.3) is 0 Å². The smallest absolute Gasteiger partial charge is 0.153 e. The average Bonchev–Trinajstić information content (AvgIpc) is 2.32. The van der Waals surface area contributed by atoms with E-state index in [0.29, 0.717) is 12.0 Å². The number of ether oxygens (including phenoxy) is 1. The number of hydrogen-bond acceptors (Lipinski definition) is 2. The van der Waals surface area contributed by atoms with Crippen LogP contribution in [0.5, 0.6) is 5.75 Å². The summed E-state index contributed by atoms with van der Waals surface area (Å²) >= 11 is 0. The first-order valence-electron chi connectivity index (χ1n) is 6.12. The number of rotatable bonds is 7. The Morgan fingerprint density at radius 1 is 1.29 bits per heavy atom. The summed E-state index contributed by atoms with van der Waals surface area (Å²) in [5.74, 6) is 0.0651. The van der Waals surface area contributed by atoms with Crippen molar-refractivity contribution in [1.82, 2.24) is 0 Å².